The van der Waals surface area contributed by atoms with Gasteiger partial charge in [0, 0.05) is 39.1 Å². The second kappa shape index (κ2) is 18.9. The van der Waals surface area contributed by atoms with Gasteiger partial charge in [-0.15, -0.1) is 0 Å². The minimum absolute atomic E-state index is 0.0880. The first-order chi connectivity index (χ1) is 18.6. The Bertz CT molecular complexity index is 961. The molecular formula is C30H46FN5O3. The smallest absolute Gasteiger partial charge is 0.287 e. The molecule has 3 amide bonds. The lowest BCUT2D eigenvalue weighted by Crippen LogP contribution is -2.47. The van der Waals surface area contributed by atoms with Gasteiger partial charge in [0.15, 0.2) is 0 Å². The Hall–Kier alpha value is -3.25. The number of amides is 3. The summed E-state index contributed by atoms with van der Waals surface area (Å²) in [5, 5.41) is 5.45. The molecule has 0 aliphatic rings. The number of carbonyl (C=O) groups excluding carboxylic acids is 3. The van der Waals surface area contributed by atoms with Crippen LogP contribution in [0.5, 0.6) is 0 Å². The van der Waals surface area contributed by atoms with Crippen molar-refractivity contribution in [1.82, 2.24) is 20.4 Å². The minimum Gasteiger partial charge on any atom is -0.349 e. The van der Waals surface area contributed by atoms with Crippen LogP contribution in [0.4, 0.5) is 4.39 Å². The first-order valence-electron chi connectivity index (χ1n) is 13.8. The second-order valence-electron chi connectivity index (χ2n) is 10.5. The molecule has 0 aromatic heterocycles. The van der Waals surface area contributed by atoms with Crippen LogP contribution in [-0.4, -0.2) is 73.9 Å². The van der Waals surface area contributed by atoms with Crippen LogP contribution in [0.15, 0.2) is 35.3 Å². The van der Waals surface area contributed by atoms with Crippen LogP contribution in [0.2, 0.25) is 0 Å². The van der Waals surface area contributed by atoms with Crippen LogP contribution in [0, 0.1) is 30.2 Å². The summed E-state index contributed by atoms with van der Waals surface area (Å²) in [5.41, 5.74) is 0.873. The number of hydrogen-bond donors (Lipinski definition) is 2. The van der Waals surface area contributed by atoms with Gasteiger partial charge in [-0.2, -0.15) is 4.99 Å². The van der Waals surface area contributed by atoms with E-state index in [-0.39, 0.29) is 24.6 Å². The predicted octanol–water partition coefficient (Wildman–Crippen LogP) is 3.63. The van der Waals surface area contributed by atoms with Crippen molar-refractivity contribution in [2.45, 2.75) is 59.3 Å². The Labute approximate surface area is 233 Å². The van der Waals surface area contributed by atoms with Crippen molar-refractivity contribution in [2.75, 3.05) is 40.5 Å². The molecule has 0 heterocycles. The normalized spacial score (nSPS) is 13.1. The number of rotatable bonds is 16. The zero-order chi connectivity index (χ0) is 29.2. The lowest BCUT2D eigenvalue weighted by molar-refractivity contribution is -0.135. The number of hydrogen-bond acceptors (Lipinski definition) is 5. The molecule has 0 aliphatic carbocycles. The molecule has 216 valence electrons. The molecule has 9 heteroatoms. The molecule has 1 rings (SSSR count). The van der Waals surface area contributed by atoms with Crippen molar-refractivity contribution in [1.29, 1.82) is 0 Å². The number of benzene rings is 1. The van der Waals surface area contributed by atoms with Crippen LogP contribution in [0.3, 0.4) is 0 Å². The van der Waals surface area contributed by atoms with E-state index in [0.717, 1.165) is 31.2 Å². The van der Waals surface area contributed by atoms with Gasteiger partial charge in [-0.25, -0.2) is 4.39 Å². The Balaban J connectivity index is 2.95. The lowest BCUT2D eigenvalue weighted by atomic mass is 9.94. The van der Waals surface area contributed by atoms with E-state index in [2.05, 4.69) is 42.4 Å². The third kappa shape index (κ3) is 13.9. The van der Waals surface area contributed by atoms with Crippen LogP contribution in [0.25, 0.3) is 0 Å². The maximum atomic E-state index is 13.4. The molecule has 0 spiro atoms. The number of halogens is 1. The van der Waals surface area contributed by atoms with Gasteiger partial charge in [0.25, 0.3) is 5.91 Å². The van der Waals surface area contributed by atoms with E-state index in [0.29, 0.717) is 31.5 Å². The van der Waals surface area contributed by atoms with E-state index in [1.54, 1.807) is 14.1 Å². The molecule has 39 heavy (non-hydrogen) atoms. The molecule has 0 saturated heterocycles. The highest BCUT2D eigenvalue weighted by Gasteiger charge is 2.27. The summed E-state index contributed by atoms with van der Waals surface area (Å²) < 4.78 is 12.8. The third-order valence-electron chi connectivity index (χ3n) is 6.60. The van der Waals surface area contributed by atoms with Crippen molar-refractivity contribution >= 4 is 23.6 Å². The zero-order valence-electron chi connectivity index (χ0n) is 24.2. The van der Waals surface area contributed by atoms with E-state index < -0.39 is 24.5 Å². The molecular weight excluding hydrogens is 497 g/mol. The van der Waals surface area contributed by atoms with E-state index in [1.165, 1.54) is 9.80 Å². The Morgan fingerprint density at radius 1 is 1.08 bits per heavy atom. The van der Waals surface area contributed by atoms with Gasteiger partial charge in [-0.3, -0.25) is 19.3 Å². The molecule has 0 aliphatic heterocycles. The summed E-state index contributed by atoms with van der Waals surface area (Å²) in [6, 6.07) is 11.4. The topological polar surface area (TPSA) is 94.1 Å². The summed E-state index contributed by atoms with van der Waals surface area (Å²) >= 11 is 0. The van der Waals surface area contributed by atoms with Gasteiger partial charge in [0.05, 0.1) is 5.92 Å². The molecule has 2 atom stereocenters. The third-order valence-corrected chi connectivity index (χ3v) is 6.60. The van der Waals surface area contributed by atoms with Gasteiger partial charge < -0.3 is 15.5 Å². The van der Waals surface area contributed by atoms with Crippen LogP contribution in [-0.2, 0) is 20.8 Å². The Kier molecular flexibility index (Phi) is 16.4. The summed E-state index contributed by atoms with van der Waals surface area (Å²) in [7, 11) is 3.24. The first kappa shape index (κ1) is 33.8. The van der Waals surface area contributed by atoms with Crippen LogP contribution >= 0.6 is 0 Å². The van der Waals surface area contributed by atoms with Gasteiger partial charge >= 0.3 is 0 Å². The summed E-state index contributed by atoms with van der Waals surface area (Å²) in [4.78, 5) is 46.0. The quantitative estimate of drug-likeness (QED) is 0.144. The number of terminal acetylenes is 1. The Morgan fingerprint density at radius 2 is 1.77 bits per heavy atom. The van der Waals surface area contributed by atoms with Gasteiger partial charge in [0.2, 0.25) is 17.6 Å². The fraction of sp³-hybridized carbons (Fsp3) is 0.600. The van der Waals surface area contributed by atoms with Crippen molar-refractivity contribution in [3.8, 4) is 12.5 Å². The van der Waals surface area contributed by atoms with E-state index in [4.69, 9.17) is 6.42 Å². The maximum absolute atomic E-state index is 13.4. The predicted molar refractivity (Wildman–Crippen MR) is 154 cm³/mol. The molecule has 1 unspecified atom stereocenters. The first-order valence-corrected chi connectivity index (χ1v) is 13.8. The average molecular weight is 544 g/mol. The van der Waals surface area contributed by atoms with Crippen LogP contribution < -0.4 is 10.6 Å². The number of likely N-dealkylation sites (N-methyl/N-ethyl adjacent to an activating group) is 2. The molecule has 2 N–H and O–H groups in total. The van der Waals surface area contributed by atoms with Crippen LogP contribution in [0.1, 0.15) is 58.4 Å². The Morgan fingerprint density at radius 3 is 2.36 bits per heavy atom. The van der Waals surface area contributed by atoms with E-state index >= 15 is 0 Å². The van der Waals surface area contributed by atoms with Gasteiger partial charge in [0.1, 0.15) is 6.80 Å². The summed E-state index contributed by atoms with van der Waals surface area (Å²) in [6.45, 7) is 6.99. The maximum Gasteiger partial charge on any atom is 0.287 e. The molecule has 0 fully saturated rings. The molecule has 1 aromatic carbocycles. The zero-order valence-corrected chi connectivity index (χ0v) is 24.2. The fourth-order valence-electron chi connectivity index (χ4n) is 4.09. The lowest BCUT2D eigenvalue weighted by Gasteiger charge is -2.23. The number of nitrogens with one attached hydrogen (secondary N) is 2. The number of amidine groups is 1. The van der Waals surface area contributed by atoms with E-state index in [9.17, 15) is 18.8 Å². The fourth-order valence-corrected chi connectivity index (χ4v) is 4.09. The highest BCUT2D eigenvalue weighted by molar-refractivity contribution is 6.40. The van der Waals surface area contributed by atoms with Crippen molar-refractivity contribution in [3.05, 3.63) is 35.9 Å². The highest BCUT2D eigenvalue weighted by Crippen LogP contribution is 2.17. The van der Waals surface area contributed by atoms with E-state index in [1.807, 2.05) is 30.3 Å². The van der Waals surface area contributed by atoms with Crippen molar-refractivity contribution in [2.24, 2.45) is 22.7 Å². The van der Waals surface area contributed by atoms with Crippen molar-refractivity contribution < 1.29 is 18.8 Å². The molecule has 0 bridgehead atoms. The second-order valence-corrected chi connectivity index (χ2v) is 10.5. The number of alkyl halides is 1. The SMILES string of the molecule is C#CN=C(NC(=O)[C@@H](CC(=O)N(C)CCN(C)CF)Cc1ccccc1)C(=O)NCC(CCC)CCC(C)C. The standard InChI is InChI=1S/C30H46FN5O3/c1-7-12-25(16-15-23(3)4)21-33-30(39)28(32-8-2)34-29(38)26(19-24-13-10-9-11-14-24)20-27(37)36(6)18-17-35(5)22-31/h2,9-11,13-14,23,25-26H,7,12,15-22H2,1,3-6H3,(H,33,39)(H,32,34,38)/t25?,26-/m1/s1. The largest absolute Gasteiger partial charge is 0.349 e. The summed E-state index contributed by atoms with van der Waals surface area (Å²) in [5.74, 6) is -1.46. The molecule has 1 aromatic rings. The minimum atomic E-state index is -0.768. The van der Waals surface area contributed by atoms with Crippen molar-refractivity contribution in [3.63, 3.8) is 0 Å². The molecule has 0 saturated carbocycles. The number of nitrogens with zero attached hydrogens (tertiary/aromatic N) is 3. The highest BCUT2D eigenvalue weighted by atomic mass is 19.1. The number of aliphatic imine (C=N–C) groups is 1. The number of carbonyl (C=O) groups is 3. The average Bonchev–Trinajstić information content (AvgIpc) is 2.92. The van der Waals surface area contributed by atoms with Gasteiger partial charge in [-0.1, -0.05) is 70.4 Å². The molecule has 8 nitrogen and oxygen atoms in total. The molecule has 0 radical (unpaired) electrons. The summed E-state index contributed by atoms with van der Waals surface area (Å²) in [6.07, 6.45) is 9.61. The van der Waals surface area contributed by atoms with Gasteiger partial charge in [-0.05, 0) is 43.7 Å². The monoisotopic (exact) mass is 543 g/mol.